The number of likely N-dealkylation sites (N-methyl/N-ethyl adjacent to an activating group) is 1. The number of carbonyl (C=O) groups excluding carboxylic acids is 2. The molecule has 6 heteroatoms. The molecule has 148 valence electrons. The maximum Gasteiger partial charge on any atom is 0.331 e. The maximum atomic E-state index is 12.2. The molecular formula is C22H25NO5. The molecule has 28 heavy (non-hydrogen) atoms. The molecule has 2 aromatic carbocycles. The van der Waals surface area contributed by atoms with E-state index < -0.39 is 5.97 Å². The summed E-state index contributed by atoms with van der Waals surface area (Å²) in [5.74, 6) is 0.565. The number of rotatable bonds is 9. The minimum Gasteiger partial charge on any atom is -0.496 e. The number of nitrogens with zero attached hydrogens (tertiary/aromatic N) is 1. The highest BCUT2D eigenvalue weighted by Crippen LogP contribution is 2.18. The molecule has 2 aromatic rings. The summed E-state index contributed by atoms with van der Waals surface area (Å²) < 4.78 is 15.6. The summed E-state index contributed by atoms with van der Waals surface area (Å²) >= 11 is 0. The summed E-state index contributed by atoms with van der Waals surface area (Å²) in [6, 6.07) is 14.8. The van der Waals surface area contributed by atoms with E-state index in [1.165, 1.54) is 11.0 Å². The molecule has 0 aliphatic heterocycles. The molecular weight excluding hydrogens is 358 g/mol. The van der Waals surface area contributed by atoms with Crippen LogP contribution >= 0.6 is 0 Å². The number of amides is 1. The molecule has 0 N–H and O–H groups in total. The van der Waals surface area contributed by atoms with Crippen molar-refractivity contribution >= 4 is 18.0 Å². The molecule has 0 aliphatic rings. The SMILES string of the molecule is CCOc1ccc(CN(C)C(=O)COC(=O)/C=C/c2ccccc2OC)cc1. The second-order valence-corrected chi connectivity index (χ2v) is 6.01. The fourth-order valence-corrected chi connectivity index (χ4v) is 2.47. The monoisotopic (exact) mass is 383 g/mol. The van der Waals surface area contributed by atoms with Crippen LogP contribution < -0.4 is 9.47 Å². The Bertz CT molecular complexity index is 814. The first kappa shape index (κ1) is 21.0. The van der Waals surface area contributed by atoms with E-state index in [9.17, 15) is 9.59 Å². The van der Waals surface area contributed by atoms with Crippen molar-refractivity contribution in [3.63, 3.8) is 0 Å². The van der Waals surface area contributed by atoms with Crippen LogP contribution in [-0.2, 0) is 20.9 Å². The lowest BCUT2D eigenvalue weighted by Gasteiger charge is -2.17. The van der Waals surface area contributed by atoms with Gasteiger partial charge in [-0.05, 0) is 36.8 Å². The van der Waals surface area contributed by atoms with Crippen molar-refractivity contribution in [2.45, 2.75) is 13.5 Å². The minimum atomic E-state index is -0.589. The van der Waals surface area contributed by atoms with Gasteiger partial charge in [-0.3, -0.25) is 4.79 Å². The van der Waals surface area contributed by atoms with Gasteiger partial charge in [0.25, 0.3) is 5.91 Å². The molecule has 0 unspecified atom stereocenters. The zero-order chi connectivity index (χ0) is 20.4. The lowest BCUT2D eigenvalue weighted by Crippen LogP contribution is -2.30. The average Bonchev–Trinajstić information content (AvgIpc) is 2.72. The Morgan fingerprint density at radius 3 is 2.46 bits per heavy atom. The Morgan fingerprint density at radius 1 is 1.07 bits per heavy atom. The first-order valence-corrected chi connectivity index (χ1v) is 8.97. The lowest BCUT2D eigenvalue weighted by atomic mass is 10.2. The topological polar surface area (TPSA) is 65.1 Å². The minimum absolute atomic E-state index is 0.284. The third-order valence-electron chi connectivity index (χ3n) is 3.96. The van der Waals surface area contributed by atoms with Crippen molar-refractivity contribution in [1.29, 1.82) is 0 Å². The van der Waals surface area contributed by atoms with Crippen LogP contribution in [0.1, 0.15) is 18.1 Å². The number of esters is 1. The van der Waals surface area contributed by atoms with Crippen LogP contribution in [0.4, 0.5) is 0 Å². The average molecular weight is 383 g/mol. The highest BCUT2D eigenvalue weighted by Gasteiger charge is 2.11. The first-order chi connectivity index (χ1) is 13.5. The molecule has 0 saturated heterocycles. The van der Waals surface area contributed by atoms with Crippen LogP contribution in [0, 0.1) is 0 Å². The van der Waals surface area contributed by atoms with E-state index >= 15 is 0 Å². The van der Waals surface area contributed by atoms with Gasteiger partial charge in [0.15, 0.2) is 6.61 Å². The largest absolute Gasteiger partial charge is 0.496 e. The van der Waals surface area contributed by atoms with Crippen molar-refractivity contribution in [2.24, 2.45) is 0 Å². The van der Waals surface area contributed by atoms with Gasteiger partial charge in [-0.25, -0.2) is 4.79 Å². The van der Waals surface area contributed by atoms with Gasteiger partial charge in [0.1, 0.15) is 11.5 Å². The smallest absolute Gasteiger partial charge is 0.331 e. The van der Waals surface area contributed by atoms with E-state index in [4.69, 9.17) is 14.2 Å². The van der Waals surface area contributed by atoms with Gasteiger partial charge in [0.2, 0.25) is 0 Å². The Morgan fingerprint density at radius 2 is 1.79 bits per heavy atom. The summed E-state index contributed by atoms with van der Waals surface area (Å²) in [7, 11) is 3.22. The molecule has 0 atom stereocenters. The molecule has 0 bridgehead atoms. The van der Waals surface area contributed by atoms with E-state index in [2.05, 4.69) is 0 Å². The van der Waals surface area contributed by atoms with Crippen LogP contribution in [0.15, 0.2) is 54.6 Å². The van der Waals surface area contributed by atoms with Crippen molar-refractivity contribution in [3.05, 3.63) is 65.7 Å². The summed E-state index contributed by atoms with van der Waals surface area (Å²) in [6.07, 6.45) is 2.87. The number of carbonyl (C=O) groups is 2. The normalized spacial score (nSPS) is 10.5. The van der Waals surface area contributed by atoms with Gasteiger partial charge in [-0.1, -0.05) is 30.3 Å². The van der Waals surface area contributed by atoms with Gasteiger partial charge in [0, 0.05) is 25.2 Å². The number of para-hydroxylation sites is 1. The van der Waals surface area contributed by atoms with E-state index in [1.54, 1.807) is 26.3 Å². The Labute approximate surface area is 165 Å². The second-order valence-electron chi connectivity index (χ2n) is 6.01. The standard InChI is InChI=1S/C22H25NO5/c1-4-27-19-12-9-17(10-13-19)15-23(2)21(24)16-28-22(25)14-11-18-7-5-6-8-20(18)26-3/h5-14H,4,15-16H2,1-3H3/b14-11+. The predicted molar refractivity (Wildman–Crippen MR) is 107 cm³/mol. The van der Waals surface area contributed by atoms with E-state index in [-0.39, 0.29) is 12.5 Å². The van der Waals surface area contributed by atoms with E-state index in [1.807, 2.05) is 49.4 Å². The van der Waals surface area contributed by atoms with E-state index in [0.29, 0.717) is 18.9 Å². The van der Waals surface area contributed by atoms with Crippen molar-refractivity contribution < 1.29 is 23.8 Å². The van der Waals surface area contributed by atoms with Crippen LogP contribution in [0.25, 0.3) is 6.08 Å². The fourth-order valence-electron chi connectivity index (χ4n) is 2.47. The van der Waals surface area contributed by atoms with Crippen molar-refractivity contribution in [2.75, 3.05) is 27.4 Å². The van der Waals surface area contributed by atoms with Crippen molar-refractivity contribution in [3.8, 4) is 11.5 Å². The predicted octanol–water partition coefficient (Wildman–Crippen LogP) is 3.31. The van der Waals surface area contributed by atoms with Gasteiger partial charge in [-0.2, -0.15) is 0 Å². The fraction of sp³-hybridized carbons (Fsp3) is 0.273. The van der Waals surface area contributed by atoms with Crippen molar-refractivity contribution in [1.82, 2.24) is 4.90 Å². The first-order valence-electron chi connectivity index (χ1n) is 8.97. The van der Waals surface area contributed by atoms with Crippen LogP contribution in [0.2, 0.25) is 0 Å². The molecule has 0 saturated carbocycles. The molecule has 0 radical (unpaired) electrons. The summed E-state index contributed by atoms with van der Waals surface area (Å²) in [5.41, 5.74) is 1.71. The zero-order valence-corrected chi connectivity index (χ0v) is 16.4. The third kappa shape index (κ3) is 6.46. The molecule has 0 aromatic heterocycles. The van der Waals surface area contributed by atoms with Gasteiger partial charge in [0.05, 0.1) is 13.7 Å². The third-order valence-corrected chi connectivity index (χ3v) is 3.96. The highest BCUT2D eigenvalue weighted by atomic mass is 16.5. The quantitative estimate of drug-likeness (QED) is 0.491. The van der Waals surface area contributed by atoms with Gasteiger partial charge >= 0.3 is 5.97 Å². The highest BCUT2D eigenvalue weighted by molar-refractivity contribution is 5.89. The number of methoxy groups -OCH3 is 1. The molecule has 0 spiro atoms. The molecule has 0 heterocycles. The number of benzene rings is 2. The zero-order valence-electron chi connectivity index (χ0n) is 16.4. The lowest BCUT2D eigenvalue weighted by molar-refractivity contribution is -0.147. The molecule has 1 amide bonds. The van der Waals surface area contributed by atoms with Crippen LogP contribution in [-0.4, -0.2) is 44.1 Å². The second kappa shape index (κ2) is 10.8. The summed E-state index contributed by atoms with van der Waals surface area (Å²) in [4.78, 5) is 25.5. The molecule has 0 aliphatic carbocycles. The number of ether oxygens (including phenoxy) is 3. The van der Waals surface area contributed by atoms with E-state index in [0.717, 1.165) is 16.9 Å². The Hall–Kier alpha value is -3.28. The summed E-state index contributed by atoms with van der Waals surface area (Å²) in [6.45, 7) is 2.63. The van der Waals surface area contributed by atoms with Crippen LogP contribution in [0.5, 0.6) is 11.5 Å². The summed E-state index contributed by atoms with van der Waals surface area (Å²) in [5, 5.41) is 0. The Balaban J connectivity index is 1.81. The number of hydrogen-bond donors (Lipinski definition) is 0. The molecule has 2 rings (SSSR count). The van der Waals surface area contributed by atoms with Gasteiger partial charge < -0.3 is 19.1 Å². The maximum absolute atomic E-state index is 12.2. The molecule has 6 nitrogen and oxygen atoms in total. The Kier molecular flexibility index (Phi) is 8.09. The van der Waals surface area contributed by atoms with Crippen LogP contribution in [0.3, 0.4) is 0 Å². The number of hydrogen-bond acceptors (Lipinski definition) is 5. The molecule has 0 fully saturated rings. The van der Waals surface area contributed by atoms with Gasteiger partial charge in [-0.15, -0.1) is 0 Å².